The predicted octanol–water partition coefficient (Wildman–Crippen LogP) is 3.19. The minimum Gasteiger partial charge on any atom is -0.444 e. The molecular formula is C23H27N3O4. The first-order valence-corrected chi connectivity index (χ1v) is 10.00. The Kier molecular flexibility index (Phi) is 6.40. The topological polar surface area (TPSA) is 89.4 Å². The van der Waals surface area contributed by atoms with Gasteiger partial charge in [-0.2, -0.15) is 0 Å². The second kappa shape index (κ2) is 8.98. The molecule has 7 nitrogen and oxygen atoms in total. The minimum absolute atomic E-state index is 0.0360. The lowest BCUT2D eigenvalue weighted by Gasteiger charge is -2.19. The van der Waals surface area contributed by atoms with Gasteiger partial charge in [-0.25, -0.2) is 4.79 Å². The SMILES string of the molecule is CC(C)(C)OC(=O)NCCCNC(=O)Cn1c2ccccc2c(=O)c2ccccc21. The highest BCUT2D eigenvalue weighted by atomic mass is 16.6. The minimum atomic E-state index is -0.541. The van der Waals surface area contributed by atoms with Crippen molar-refractivity contribution in [1.82, 2.24) is 15.2 Å². The molecule has 2 N–H and O–H groups in total. The van der Waals surface area contributed by atoms with Gasteiger partial charge in [0.1, 0.15) is 12.1 Å². The number of fused-ring (bicyclic) bond motifs is 2. The molecular weight excluding hydrogens is 382 g/mol. The van der Waals surface area contributed by atoms with Crippen LogP contribution < -0.4 is 16.1 Å². The predicted molar refractivity (Wildman–Crippen MR) is 118 cm³/mol. The largest absolute Gasteiger partial charge is 0.444 e. The van der Waals surface area contributed by atoms with Gasteiger partial charge in [0.05, 0.1) is 11.0 Å². The summed E-state index contributed by atoms with van der Waals surface area (Å²) in [4.78, 5) is 36.9. The summed E-state index contributed by atoms with van der Waals surface area (Å²) in [6, 6.07) is 14.6. The average molecular weight is 409 g/mol. The molecule has 7 heteroatoms. The smallest absolute Gasteiger partial charge is 0.407 e. The van der Waals surface area contributed by atoms with Gasteiger partial charge in [0.15, 0.2) is 5.43 Å². The van der Waals surface area contributed by atoms with Crippen LogP contribution in [0, 0.1) is 0 Å². The molecule has 3 rings (SSSR count). The first-order chi connectivity index (χ1) is 14.3. The third-order valence-corrected chi connectivity index (χ3v) is 4.52. The Balaban J connectivity index is 1.64. The van der Waals surface area contributed by atoms with Crippen LogP contribution in [0.3, 0.4) is 0 Å². The third-order valence-electron chi connectivity index (χ3n) is 4.52. The van der Waals surface area contributed by atoms with Crippen LogP contribution in [0.15, 0.2) is 53.3 Å². The Bertz CT molecular complexity index is 1070. The lowest BCUT2D eigenvalue weighted by Crippen LogP contribution is -2.35. The number of amides is 2. The van der Waals surface area contributed by atoms with Crippen LogP contribution in [0.1, 0.15) is 27.2 Å². The van der Waals surface area contributed by atoms with Gasteiger partial charge in [0.25, 0.3) is 0 Å². The average Bonchev–Trinajstić information content (AvgIpc) is 2.69. The van der Waals surface area contributed by atoms with E-state index in [1.807, 2.05) is 41.0 Å². The highest BCUT2D eigenvalue weighted by molar-refractivity contribution is 5.94. The van der Waals surface area contributed by atoms with Gasteiger partial charge in [-0.1, -0.05) is 24.3 Å². The summed E-state index contributed by atoms with van der Waals surface area (Å²) in [6.45, 7) is 6.33. The number of nitrogens with zero attached hydrogens (tertiary/aromatic N) is 1. The maximum absolute atomic E-state index is 12.8. The molecule has 0 aliphatic carbocycles. The van der Waals surface area contributed by atoms with Gasteiger partial charge >= 0.3 is 6.09 Å². The van der Waals surface area contributed by atoms with E-state index in [-0.39, 0.29) is 17.9 Å². The van der Waals surface area contributed by atoms with E-state index in [0.29, 0.717) is 30.3 Å². The fourth-order valence-electron chi connectivity index (χ4n) is 3.27. The number of nitrogens with one attached hydrogen (secondary N) is 2. The third kappa shape index (κ3) is 5.17. The van der Waals surface area contributed by atoms with E-state index in [9.17, 15) is 14.4 Å². The molecule has 0 saturated heterocycles. The first kappa shape index (κ1) is 21.4. The van der Waals surface area contributed by atoms with E-state index >= 15 is 0 Å². The Morgan fingerprint density at radius 1 is 0.900 bits per heavy atom. The van der Waals surface area contributed by atoms with Crippen molar-refractivity contribution in [1.29, 1.82) is 0 Å². The van der Waals surface area contributed by atoms with E-state index in [1.165, 1.54) is 0 Å². The van der Waals surface area contributed by atoms with Crippen molar-refractivity contribution in [3.8, 4) is 0 Å². The molecule has 0 aliphatic rings. The molecule has 3 aromatic rings. The van der Waals surface area contributed by atoms with E-state index in [0.717, 1.165) is 11.0 Å². The van der Waals surface area contributed by atoms with Gasteiger partial charge in [-0.3, -0.25) is 9.59 Å². The van der Waals surface area contributed by atoms with Crippen LogP contribution in [0.2, 0.25) is 0 Å². The summed E-state index contributed by atoms with van der Waals surface area (Å²) < 4.78 is 7.03. The van der Waals surface area contributed by atoms with Crippen molar-refractivity contribution in [2.75, 3.05) is 13.1 Å². The molecule has 30 heavy (non-hydrogen) atoms. The number of rotatable bonds is 6. The number of carbonyl (C=O) groups excluding carboxylic acids is 2. The molecule has 0 bridgehead atoms. The number of pyridine rings is 1. The maximum atomic E-state index is 12.8. The monoisotopic (exact) mass is 409 g/mol. The molecule has 0 aliphatic heterocycles. The molecule has 1 heterocycles. The lowest BCUT2D eigenvalue weighted by molar-refractivity contribution is -0.121. The molecule has 158 valence electrons. The van der Waals surface area contributed by atoms with Crippen LogP contribution in [0.5, 0.6) is 0 Å². The Morgan fingerprint density at radius 2 is 1.43 bits per heavy atom. The molecule has 1 aromatic heterocycles. The highest BCUT2D eigenvalue weighted by Crippen LogP contribution is 2.18. The van der Waals surface area contributed by atoms with E-state index in [4.69, 9.17) is 4.74 Å². The number of benzene rings is 2. The molecule has 0 spiro atoms. The second-order valence-corrected chi connectivity index (χ2v) is 8.08. The van der Waals surface area contributed by atoms with Crippen LogP contribution >= 0.6 is 0 Å². The number of hydrogen-bond acceptors (Lipinski definition) is 4. The Labute approximate surface area is 175 Å². The Morgan fingerprint density at radius 3 is 2.00 bits per heavy atom. The van der Waals surface area contributed by atoms with Crippen LogP contribution in [0.4, 0.5) is 4.79 Å². The first-order valence-electron chi connectivity index (χ1n) is 10.00. The number of alkyl carbamates (subject to hydrolysis) is 1. The zero-order chi connectivity index (χ0) is 21.7. The van der Waals surface area contributed by atoms with Crippen LogP contribution in [-0.4, -0.2) is 35.3 Å². The summed E-state index contributed by atoms with van der Waals surface area (Å²) in [7, 11) is 0. The summed E-state index contributed by atoms with van der Waals surface area (Å²) in [6.07, 6.45) is 0.108. The van der Waals surface area contributed by atoms with Gasteiger partial charge in [0, 0.05) is 23.9 Å². The summed E-state index contributed by atoms with van der Waals surface area (Å²) in [5.41, 5.74) is 0.873. The van der Waals surface area contributed by atoms with Crippen molar-refractivity contribution in [3.05, 3.63) is 58.8 Å². The van der Waals surface area contributed by atoms with Gasteiger partial charge in [0.2, 0.25) is 5.91 Å². The Hall–Kier alpha value is -3.35. The zero-order valence-corrected chi connectivity index (χ0v) is 17.5. The molecule has 0 fully saturated rings. The van der Waals surface area contributed by atoms with Crippen molar-refractivity contribution < 1.29 is 14.3 Å². The molecule has 0 unspecified atom stereocenters. The molecule has 0 atom stereocenters. The zero-order valence-electron chi connectivity index (χ0n) is 17.5. The van der Waals surface area contributed by atoms with Gasteiger partial charge in [-0.15, -0.1) is 0 Å². The van der Waals surface area contributed by atoms with Crippen molar-refractivity contribution >= 4 is 33.8 Å². The van der Waals surface area contributed by atoms with Crippen LogP contribution in [-0.2, 0) is 16.1 Å². The van der Waals surface area contributed by atoms with E-state index in [2.05, 4.69) is 10.6 Å². The standard InChI is InChI=1S/C23H27N3O4/c1-23(2,3)30-22(29)25-14-8-13-24-20(27)15-26-18-11-6-4-9-16(18)21(28)17-10-5-7-12-19(17)26/h4-7,9-12H,8,13-15H2,1-3H3,(H,24,27)(H,25,29). The number of para-hydroxylation sites is 2. The number of carbonyl (C=O) groups is 2. The van der Waals surface area contributed by atoms with Crippen LogP contribution in [0.25, 0.3) is 21.8 Å². The van der Waals surface area contributed by atoms with Gasteiger partial charge in [-0.05, 0) is 51.5 Å². The van der Waals surface area contributed by atoms with Crippen molar-refractivity contribution in [2.24, 2.45) is 0 Å². The van der Waals surface area contributed by atoms with E-state index in [1.54, 1.807) is 32.9 Å². The van der Waals surface area contributed by atoms with Gasteiger partial charge < -0.3 is 19.9 Å². The number of aromatic nitrogens is 1. The normalized spacial score (nSPS) is 11.4. The van der Waals surface area contributed by atoms with Crippen molar-refractivity contribution in [2.45, 2.75) is 39.3 Å². The summed E-state index contributed by atoms with van der Waals surface area (Å²) in [5.74, 6) is -0.161. The summed E-state index contributed by atoms with van der Waals surface area (Å²) >= 11 is 0. The molecule has 0 saturated carbocycles. The molecule has 2 aromatic carbocycles. The fraction of sp³-hybridized carbons (Fsp3) is 0.348. The lowest BCUT2D eigenvalue weighted by atomic mass is 10.1. The quantitative estimate of drug-likeness (QED) is 0.483. The van der Waals surface area contributed by atoms with Crippen molar-refractivity contribution in [3.63, 3.8) is 0 Å². The number of ether oxygens (including phenoxy) is 1. The number of hydrogen-bond donors (Lipinski definition) is 2. The molecule has 2 amide bonds. The maximum Gasteiger partial charge on any atom is 0.407 e. The highest BCUT2D eigenvalue weighted by Gasteiger charge is 2.15. The summed E-state index contributed by atoms with van der Waals surface area (Å²) in [5, 5.41) is 6.71. The second-order valence-electron chi connectivity index (χ2n) is 8.08. The molecule has 0 radical (unpaired) electrons. The van der Waals surface area contributed by atoms with E-state index < -0.39 is 11.7 Å². The fourth-order valence-corrected chi connectivity index (χ4v) is 3.27.